The van der Waals surface area contributed by atoms with E-state index >= 15 is 0 Å². The van der Waals surface area contributed by atoms with Crippen LogP contribution in [0.5, 0.6) is 5.75 Å². The molecule has 1 amide bonds. The molecule has 1 atom stereocenters. The highest BCUT2D eigenvalue weighted by Gasteiger charge is 2.25. The molecule has 1 unspecified atom stereocenters. The number of hydrogen-bond acceptors (Lipinski definition) is 5. The number of nitrogens with zero attached hydrogens (tertiary/aromatic N) is 4. The number of amides is 1. The summed E-state index contributed by atoms with van der Waals surface area (Å²) in [5.74, 6) is -2.53. The first-order valence-corrected chi connectivity index (χ1v) is 9.86. The summed E-state index contributed by atoms with van der Waals surface area (Å²) in [6.45, 7) is 0.708. The average molecular weight is 429 g/mol. The number of benzene rings is 1. The fourth-order valence-corrected chi connectivity index (χ4v) is 3.70. The van der Waals surface area contributed by atoms with Crippen molar-refractivity contribution in [2.45, 2.75) is 38.4 Å². The summed E-state index contributed by atoms with van der Waals surface area (Å²) < 4.78 is 35.7. The third-order valence-electron chi connectivity index (χ3n) is 5.31. The second kappa shape index (κ2) is 8.66. The van der Waals surface area contributed by atoms with Gasteiger partial charge in [0.15, 0.2) is 17.4 Å². The van der Waals surface area contributed by atoms with Crippen molar-refractivity contribution in [2.75, 3.05) is 7.11 Å². The monoisotopic (exact) mass is 429 g/mol. The van der Waals surface area contributed by atoms with Gasteiger partial charge in [0.2, 0.25) is 0 Å². The summed E-state index contributed by atoms with van der Waals surface area (Å²) in [5, 5.41) is 7.20. The molecule has 162 valence electrons. The molecule has 0 bridgehead atoms. The van der Waals surface area contributed by atoms with Crippen LogP contribution in [-0.2, 0) is 19.5 Å². The third-order valence-corrected chi connectivity index (χ3v) is 5.31. The fraction of sp³-hybridized carbons (Fsp3) is 0.333. The molecule has 3 aromatic rings. The zero-order valence-corrected chi connectivity index (χ0v) is 16.8. The second-order valence-electron chi connectivity index (χ2n) is 7.31. The summed E-state index contributed by atoms with van der Waals surface area (Å²) in [6.07, 6.45) is 4.85. The highest BCUT2D eigenvalue weighted by molar-refractivity contribution is 5.95. The first kappa shape index (κ1) is 20.7. The average Bonchev–Trinajstić information content (AvgIpc) is 2.92. The van der Waals surface area contributed by atoms with Gasteiger partial charge in [-0.25, -0.2) is 18.3 Å². The van der Waals surface area contributed by atoms with Crippen LogP contribution in [0.25, 0.3) is 0 Å². The number of halogens is 2. The van der Waals surface area contributed by atoms with Gasteiger partial charge in [0, 0.05) is 31.4 Å². The van der Waals surface area contributed by atoms with E-state index in [0.717, 1.165) is 24.8 Å². The molecule has 0 radical (unpaired) electrons. The van der Waals surface area contributed by atoms with Gasteiger partial charge in [-0.2, -0.15) is 5.10 Å². The zero-order valence-electron chi connectivity index (χ0n) is 16.8. The summed E-state index contributed by atoms with van der Waals surface area (Å²) >= 11 is 0. The fourth-order valence-electron chi connectivity index (χ4n) is 3.70. The van der Waals surface area contributed by atoms with E-state index in [-0.39, 0.29) is 17.3 Å². The zero-order chi connectivity index (χ0) is 22.0. The number of aromatic nitrogens is 4. The molecule has 1 N–H and O–H groups in total. The molecule has 31 heavy (non-hydrogen) atoms. The van der Waals surface area contributed by atoms with E-state index < -0.39 is 23.3 Å². The second-order valence-corrected chi connectivity index (χ2v) is 7.31. The molecular weight excluding hydrogens is 408 g/mol. The minimum atomic E-state index is -1.04. The van der Waals surface area contributed by atoms with Crippen LogP contribution in [0.4, 0.5) is 8.78 Å². The van der Waals surface area contributed by atoms with Crippen molar-refractivity contribution in [3.05, 3.63) is 75.7 Å². The maximum atomic E-state index is 14.4. The largest absolute Gasteiger partial charge is 0.491 e. The van der Waals surface area contributed by atoms with Crippen molar-refractivity contribution in [3.8, 4) is 5.75 Å². The number of methoxy groups -OCH3 is 1. The van der Waals surface area contributed by atoms with E-state index in [0.29, 0.717) is 38.2 Å². The molecule has 0 aliphatic carbocycles. The van der Waals surface area contributed by atoms with E-state index in [4.69, 9.17) is 4.74 Å². The molecule has 0 spiro atoms. The number of pyridine rings is 1. The van der Waals surface area contributed by atoms with Crippen molar-refractivity contribution in [1.29, 1.82) is 0 Å². The van der Waals surface area contributed by atoms with Crippen LogP contribution < -0.4 is 15.7 Å². The van der Waals surface area contributed by atoms with Crippen LogP contribution in [0.1, 0.15) is 34.6 Å². The Morgan fingerprint density at radius 2 is 2.13 bits per heavy atom. The van der Waals surface area contributed by atoms with E-state index in [1.165, 1.54) is 4.68 Å². The Kier molecular flexibility index (Phi) is 5.79. The lowest BCUT2D eigenvalue weighted by Crippen LogP contribution is -2.36. The molecule has 0 saturated heterocycles. The molecule has 0 fully saturated rings. The van der Waals surface area contributed by atoms with Crippen LogP contribution in [0.2, 0.25) is 0 Å². The molecular formula is C21H21F2N5O3. The molecule has 2 aromatic heterocycles. The van der Waals surface area contributed by atoms with Crippen molar-refractivity contribution in [1.82, 2.24) is 24.6 Å². The van der Waals surface area contributed by atoms with E-state index in [1.54, 1.807) is 23.0 Å². The van der Waals surface area contributed by atoms with Crippen molar-refractivity contribution in [2.24, 2.45) is 0 Å². The highest BCUT2D eigenvalue weighted by Crippen LogP contribution is 2.24. The lowest BCUT2D eigenvalue weighted by Gasteiger charge is -2.17. The normalized spacial score (nSPS) is 15.8. The molecule has 3 heterocycles. The maximum absolute atomic E-state index is 14.4. The number of carbonyl (C=O) groups is 1. The molecule has 10 heteroatoms. The minimum Gasteiger partial charge on any atom is -0.491 e. The number of ether oxygens (including phenoxy) is 1. The number of aryl methyl sites for hydroxylation is 1. The van der Waals surface area contributed by atoms with Gasteiger partial charge < -0.3 is 10.1 Å². The van der Waals surface area contributed by atoms with Crippen molar-refractivity contribution in [3.63, 3.8) is 0 Å². The quantitative estimate of drug-likeness (QED) is 0.669. The number of carbonyl (C=O) groups excluding carboxylic acids is 1. The van der Waals surface area contributed by atoms with Gasteiger partial charge in [-0.3, -0.25) is 14.3 Å². The van der Waals surface area contributed by atoms with Gasteiger partial charge in [0.05, 0.1) is 19.2 Å². The Morgan fingerprint density at radius 1 is 1.29 bits per heavy atom. The van der Waals surface area contributed by atoms with E-state index in [9.17, 15) is 18.4 Å². The van der Waals surface area contributed by atoms with Gasteiger partial charge in [-0.1, -0.05) is 6.07 Å². The van der Waals surface area contributed by atoms with Crippen LogP contribution in [0, 0.1) is 11.6 Å². The predicted molar refractivity (Wildman–Crippen MR) is 107 cm³/mol. The molecule has 0 saturated carbocycles. The molecule has 8 nitrogen and oxygen atoms in total. The van der Waals surface area contributed by atoms with E-state index in [2.05, 4.69) is 15.4 Å². The molecule has 1 aliphatic rings. The first-order chi connectivity index (χ1) is 15.0. The lowest BCUT2D eigenvalue weighted by atomic mass is 10.1. The van der Waals surface area contributed by atoms with Gasteiger partial charge in [-0.15, -0.1) is 0 Å². The molecule has 1 aromatic carbocycles. The van der Waals surface area contributed by atoms with Crippen molar-refractivity contribution >= 4 is 5.91 Å². The Morgan fingerprint density at radius 3 is 2.87 bits per heavy atom. The number of nitrogens with one attached hydrogen (secondary N) is 1. The number of fused-ring (bicyclic) bond motifs is 1. The van der Waals surface area contributed by atoms with Crippen LogP contribution in [-0.4, -0.2) is 38.4 Å². The van der Waals surface area contributed by atoms with Gasteiger partial charge >= 0.3 is 5.69 Å². The smallest absolute Gasteiger partial charge is 0.346 e. The summed E-state index contributed by atoms with van der Waals surface area (Å²) in [5.41, 5.74) is 0.360. The summed E-state index contributed by atoms with van der Waals surface area (Å²) in [6, 6.07) is 5.47. The number of rotatable bonds is 5. The van der Waals surface area contributed by atoms with Crippen LogP contribution in [0.3, 0.4) is 0 Å². The first-order valence-electron chi connectivity index (χ1n) is 9.86. The van der Waals surface area contributed by atoms with Crippen LogP contribution >= 0.6 is 0 Å². The van der Waals surface area contributed by atoms with Gasteiger partial charge in [0.1, 0.15) is 5.82 Å². The van der Waals surface area contributed by atoms with Gasteiger partial charge in [0.25, 0.3) is 5.91 Å². The Hall–Kier alpha value is -3.56. The van der Waals surface area contributed by atoms with E-state index in [1.807, 2.05) is 6.07 Å². The minimum absolute atomic E-state index is 0.222. The molecule has 4 rings (SSSR count). The highest BCUT2D eigenvalue weighted by atomic mass is 19.1. The van der Waals surface area contributed by atoms with Crippen LogP contribution in [0.15, 0.2) is 41.5 Å². The SMILES string of the molecule is COc1c(F)ccc(C(=O)NC2CCc3nn(Cc4cccnc4)c(=O)n3CC2)c1F. The predicted octanol–water partition coefficient (Wildman–Crippen LogP) is 1.91. The lowest BCUT2D eigenvalue weighted by molar-refractivity contribution is 0.0927. The third kappa shape index (κ3) is 4.18. The summed E-state index contributed by atoms with van der Waals surface area (Å²) in [4.78, 5) is 29.3. The van der Waals surface area contributed by atoms with Crippen molar-refractivity contribution < 1.29 is 18.3 Å². The Balaban J connectivity index is 1.45. The number of hydrogen-bond donors (Lipinski definition) is 1. The summed E-state index contributed by atoms with van der Waals surface area (Å²) in [7, 11) is 1.14. The molecule has 1 aliphatic heterocycles. The Labute approximate surface area is 176 Å². The van der Waals surface area contributed by atoms with Gasteiger partial charge in [-0.05, 0) is 36.6 Å². The maximum Gasteiger partial charge on any atom is 0.346 e. The topological polar surface area (TPSA) is 91.0 Å². The standard InChI is InChI=1S/C21H21F2N5O3/c1-31-19-16(22)6-5-15(18(19)23)20(29)25-14-4-7-17-26-28(21(30)27(17)10-8-14)12-13-3-2-9-24-11-13/h2-3,5-6,9,11,14H,4,7-8,10,12H2,1H3,(H,25,29). The Bertz CT molecular complexity index is 1160.